The topological polar surface area (TPSA) is 29.5 Å². The molecule has 0 aromatic rings. The van der Waals surface area contributed by atoms with E-state index in [-0.39, 0.29) is 6.09 Å². The van der Waals surface area contributed by atoms with Crippen LogP contribution in [0.15, 0.2) is 23.8 Å². The van der Waals surface area contributed by atoms with Gasteiger partial charge in [-0.2, -0.15) is 0 Å². The molecule has 0 spiro atoms. The molecule has 1 amide bonds. The van der Waals surface area contributed by atoms with Crippen LogP contribution < -0.4 is 0 Å². The lowest BCUT2D eigenvalue weighted by atomic mass is 9.75. The minimum Gasteiger partial charge on any atom is -0.444 e. The van der Waals surface area contributed by atoms with E-state index in [0.29, 0.717) is 17.8 Å². The predicted molar refractivity (Wildman–Crippen MR) is 76.8 cm³/mol. The summed E-state index contributed by atoms with van der Waals surface area (Å²) in [5.74, 6) is 1.70. The normalized spacial score (nSPS) is 27.8. The number of carbonyl (C=O) groups excluding carboxylic acids is 1. The highest BCUT2D eigenvalue weighted by molar-refractivity contribution is 5.69. The van der Waals surface area contributed by atoms with Crippen molar-refractivity contribution < 1.29 is 9.53 Å². The van der Waals surface area contributed by atoms with Crippen LogP contribution >= 0.6 is 0 Å². The number of hydrogen-bond acceptors (Lipinski definition) is 2. The summed E-state index contributed by atoms with van der Waals surface area (Å²) in [6, 6.07) is 0. The van der Waals surface area contributed by atoms with E-state index in [9.17, 15) is 4.79 Å². The van der Waals surface area contributed by atoms with Crippen LogP contribution in [0.5, 0.6) is 0 Å². The molecular weight excluding hydrogens is 238 g/mol. The van der Waals surface area contributed by atoms with Gasteiger partial charge in [0.25, 0.3) is 0 Å². The molecule has 1 fully saturated rings. The highest BCUT2D eigenvalue weighted by atomic mass is 16.6. The molecule has 106 valence electrons. The molecule has 0 aromatic carbocycles. The quantitative estimate of drug-likeness (QED) is 0.723. The summed E-state index contributed by atoms with van der Waals surface area (Å²) in [5.41, 5.74) is 0.937. The second-order valence-electron chi connectivity index (χ2n) is 6.85. The molecule has 1 saturated heterocycles. The molecule has 0 radical (unpaired) electrons. The van der Waals surface area contributed by atoms with Crippen LogP contribution in [-0.2, 0) is 4.74 Å². The Morgan fingerprint density at radius 2 is 2.00 bits per heavy atom. The molecule has 2 atom stereocenters. The highest BCUT2D eigenvalue weighted by Gasteiger charge is 2.39. The lowest BCUT2D eigenvalue weighted by Gasteiger charge is -2.44. The van der Waals surface area contributed by atoms with Crippen LogP contribution in [-0.4, -0.2) is 29.7 Å². The molecule has 3 nitrogen and oxygen atoms in total. The van der Waals surface area contributed by atoms with Crippen LogP contribution in [0, 0.1) is 17.8 Å². The van der Waals surface area contributed by atoms with Crippen molar-refractivity contribution in [1.29, 1.82) is 0 Å². The van der Waals surface area contributed by atoms with E-state index in [1.165, 1.54) is 5.57 Å². The van der Waals surface area contributed by atoms with E-state index < -0.39 is 5.60 Å². The molecule has 3 heteroatoms. The summed E-state index contributed by atoms with van der Waals surface area (Å²) in [4.78, 5) is 13.7. The Labute approximate surface area is 116 Å². The average Bonchev–Trinajstić information content (AvgIpc) is 2.16. The maximum absolute atomic E-state index is 11.9. The molecule has 0 aromatic heterocycles. The maximum Gasteiger partial charge on any atom is 0.410 e. The average molecular weight is 263 g/mol. The van der Waals surface area contributed by atoms with Crippen molar-refractivity contribution in [3.05, 3.63) is 23.8 Å². The van der Waals surface area contributed by atoms with Gasteiger partial charge in [-0.15, -0.1) is 0 Å². The van der Waals surface area contributed by atoms with Crippen LogP contribution in [0.1, 0.15) is 34.6 Å². The molecule has 2 aliphatic rings. The third-order valence-electron chi connectivity index (χ3n) is 3.82. The van der Waals surface area contributed by atoms with Crippen LogP contribution in [0.3, 0.4) is 0 Å². The van der Waals surface area contributed by atoms with Gasteiger partial charge in [0.2, 0.25) is 0 Å². The van der Waals surface area contributed by atoms with Gasteiger partial charge in [0, 0.05) is 19.0 Å². The fourth-order valence-corrected chi connectivity index (χ4v) is 2.84. The Kier molecular flexibility index (Phi) is 3.75. The lowest BCUT2D eigenvalue weighted by molar-refractivity contribution is -0.00980. The monoisotopic (exact) mass is 263 g/mol. The summed E-state index contributed by atoms with van der Waals surface area (Å²) in [5, 5.41) is 0. The Hall–Kier alpha value is -1.25. The molecule has 0 saturated carbocycles. The van der Waals surface area contributed by atoms with Gasteiger partial charge in [-0.25, -0.2) is 4.79 Å². The van der Waals surface area contributed by atoms with Gasteiger partial charge in [0.15, 0.2) is 0 Å². The number of ether oxygens (including phenoxy) is 1. The summed E-state index contributed by atoms with van der Waals surface area (Å²) >= 11 is 0. The molecule has 1 aliphatic heterocycles. The third kappa shape index (κ3) is 3.40. The first-order valence-corrected chi connectivity index (χ1v) is 7.11. The van der Waals surface area contributed by atoms with Crippen molar-refractivity contribution >= 4 is 6.09 Å². The lowest BCUT2D eigenvalue weighted by Crippen LogP contribution is -2.54. The zero-order chi connectivity index (χ0) is 14.2. The van der Waals surface area contributed by atoms with Crippen LogP contribution in [0.4, 0.5) is 4.79 Å². The van der Waals surface area contributed by atoms with E-state index >= 15 is 0 Å². The zero-order valence-corrected chi connectivity index (χ0v) is 12.6. The van der Waals surface area contributed by atoms with Crippen molar-refractivity contribution in [2.45, 2.75) is 40.2 Å². The second kappa shape index (κ2) is 5.03. The van der Waals surface area contributed by atoms with Crippen molar-refractivity contribution in [3.63, 3.8) is 0 Å². The summed E-state index contributed by atoms with van der Waals surface area (Å²) < 4.78 is 5.38. The highest BCUT2D eigenvalue weighted by Crippen LogP contribution is 2.34. The molecule has 2 unspecified atom stereocenters. The molecular formula is C16H25NO2. The van der Waals surface area contributed by atoms with Crippen molar-refractivity contribution in [1.82, 2.24) is 4.90 Å². The number of likely N-dealkylation sites (tertiary alicyclic amines) is 1. The fourth-order valence-electron chi connectivity index (χ4n) is 2.84. The van der Waals surface area contributed by atoms with Crippen molar-refractivity contribution in [3.8, 4) is 0 Å². The molecule has 1 heterocycles. The number of carbonyl (C=O) groups is 1. The largest absolute Gasteiger partial charge is 0.444 e. The molecule has 0 bridgehead atoms. The fraction of sp³-hybridized carbons (Fsp3) is 0.688. The Morgan fingerprint density at radius 3 is 2.53 bits per heavy atom. The van der Waals surface area contributed by atoms with Gasteiger partial charge in [-0.1, -0.05) is 30.7 Å². The van der Waals surface area contributed by atoms with E-state index in [0.717, 1.165) is 13.1 Å². The van der Waals surface area contributed by atoms with Crippen molar-refractivity contribution in [2.75, 3.05) is 13.1 Å². The van der Waals surface area contributed by atoms with E-state index in [4.69, 9.17) is 4.74 Å². The molecule has 2 rings (SSSR count). The number of allylic oxidation sites excluding steroid dienone is 4. The number of nitrogens with zero attached hydrogens (tertiary/aromatic N) is 1. The van der Waals surface area contributed by atoms with Crippen LogP contribution in [0.25, 0.3) is 0 Å². The Morgan fingerprint density at radius 1 is 1.37 bits per heavy atom. The van der Waals surface area contributed by atoms with Gasteiger partial charge in [-0.3, -0.25) is 0 Å². The Bertz CT molecular complexity index is 411. The first-order valence-electron chi connectivity index (χ1n) is 7.11. The minimum absolute atomic E-state index is 0.178. The van der Waals surface area contributed by atoms with Gasteiger partial charge in [-0.05, 0) is 39.5 Å². The molecule has 1 aliphatic carbocycles. The number of amides is 1. The van der Waals surface area contributed by atoms with E-state index in [1.54, 1.807) is 0 Å². The predicted octanol–water partition coefficient (Wildman–Crippen LogP) is 3.62. The zero-order valence-electron chi connectivity index (χ0n) is 12.6. The SMILES string of the molecule is CC1=CC(C)C(C2CN(C(=O)OC(C)(C)C)C2)C=C1. The van der Waals surface area contributed by atoms with E-state index in [2.05, 4.69) is 32.1 Å². The van der Waals surface area contributed by atoms with Gasteiger partial charge < -0.3 is 9.64 Å². The van der Waals surface area contributed by atoms with Gasteiger partial charge in [0.05, 0.1) is 0 Å². The molecule has 19 heavy (non-hydrogen) atoms. The number of rotatable bonds is 1. The summed E-state index contributed by atoms with van der Waals surface area (Å²) in [6.07, 6.45) is 6.64. The first-order chi connectivity index (χ1) is 8.76. The molecule has 0 N–H and O–H groups in total. The maximum atomic E-state index is 11.9. The Balaban J connectivity index is 1.84. The van der Waals surface area contributed by atoms with Gasteiger partial charge >= 0.3 is 6.09 Å². The smallest absolute Gasteiger partial charge is 0.410 e. The first kappa shape index (κ1) is 14.2. The summed E-state index contributed by atoms with van der Waals surface area (Å²) in [6.45, 7) is 11.7. The summed E-state index contributed by atoms with van der Waals surface area (Å²) in [7, 11) is 0. The second-order valence-corrected chi connectivity index (χ2v) is 6.85. The number of hydrogen-bond donors (Lipinski definition) is 0. The standard InChI is InChI=1S/C16H25NO2/c1-11-6-7-14(12(2)8-11)13-9-17(10-13)15(18)19-16(3,4)5/h6-8,12-14H,9-10H2,1-5H3. The van der Waals surface area contributed by atoms with Crippen LogP contribution in [0.2, 0.25) is 0 Å². The van der Waals surface area contributed by atoms with E-state index in [1.807, 2.05) is 25.7 Å². The third-order valence-corrected chi connectivity index (χ3v) is 3.82. The van der Waals surface area contributed by atoms with Crippen molar-refractivity contribution in [2.24, 2.45) is 17.8 Å². The van der Waals surface area contributed by atoms with Gasteiger partial charge in [0.1, 0.15) is 5.60 Å². The minimum atomic E-state index is -0.403.